The second-order valence-electron chi connectivity index (χ2n) is 17.4. The number of hydrogen-bond donors (Lipinski definition) is 0. The average Bonchev–Trinajstić information content (AvgIpc) is 3.45. The van der Waals surface area contributed by atoms with E-state index in [9.17, 15) is 0 Å². The van der Waals surface area contributed by atoms with Crippen LogP contribution in [0, 0.1) is 6.07 Å². The second-order valence-corrected chi connectivity index (χ2v) is 17.4. The predicted molar refractivity (Wildman–Crippen MR) is 288 cm³/mol. The van der Waals surface area contributed by atoms with Crippen LogP contribution >= 0.6 is 0 Å². The summed E-state index contributed by atoms with van der Waals surface area (Å²) in [6, 6.07) is 92.8. The van der Waals surface area contributed by atoms with Crippen molar-refractivity contribution in [3.63, 3.8) is 0 Å². The Morgan fingerprint density at radius 1 is 0.268 bits per heavy atom. The molecule has 1 radical (unpaired) electrons. The molecule has 10 aromatic carbocycles. The van der Waals surface area contributed by atoms with Gasteiger partial charge >= 0.3 is 0 Å². The summed E-state index contributed by atoms with van der Waals surface area (Å²) in [6.45, 7) is 0. The van der Waals surface area contributed by atoms with E-state index in [-0.39, 0.29) is 20.1 Å². The van der Waals surface area contributed by atoms with E-state index in [0.717, 1.165) is 105 Å². The molecule has 0 saturated carbocycles. The molecular weight excluding hydrogens is 1040 g/mol. The van der Waals surface area contributed by atoms with Crippen molar-refractivity contribution in [2.75, 3.05) is 0 Å². The summed E-state index contributed by atoms with van der Waals surface area (Å²) in [5.74, 6) is 1.69. The van der Waals surface area contributed by atoms with E-state index >= 15 is 0 Å². The van der Waals surface area contributed by atoms with Gasteiger partial charge in [-0.05, 0) is 126 Å². The Labute approximate surface area is 427 Å². The zero-order valence-corrected chi connectivity index (χ0v) is 40.8. The van der Waals surface area contributed by atoms with Crippen LogP contribution in [-0.4, -0.2) is 19.9 Å². The third kappa shape index (κ3) is 9.53. The standard InChI is InChI=1S/C66H43N4.Ir/c1-5-19-45(20-6-1)55-37-56(46-21-7-2-8-22-46)39-58(38-55)49-29-17-31-52(35-49)64-68-65(53-32-18-30-51(36-53)63-43-50-27-13-14-28-54(50)44-67-63)70-66(69-64)60-41-57(47-23-9-3-10-24-47)40-59(42-60)62-34-16-15-33-61(62)48-25-11-4-12-26-48;/h1-29,31-44H;/q-1;. The van der Waals surface area contributed by atoms with Crippen LogP contribution in [0.1, 0.15) is 0 Å². The summed E-state index contributed by atoms with van der Waals surface area (Å²) < 4.78 is 0. The minimum atomic E-state index is 0. The van der Waals surface area contributed by atoms with Gasteiger partial charge in [0.05, 0.1) is 0 Å². The molecule has 0 fully saturated rings. The summed E-state index contributed by atoms with van der Waals surface area (Å²) in [4.78, 5) is 20.9. The molecule has 0 N–H and O–H groups in total. The van der Waals surface area contributed by atoms with Gasteiger partial charge in [-0.15, -0.1) is 29.8 Å². The molecule has 2 heterocycles. The van der Waals surface area contributed by atoms with E-state index < -0.39 is 0 Å². The van der Waals surface area contributed by atoms with Gasteiger partial charge in [0.1, 0.15) is 5.82 Å². The fourth-order valence-corrected chi connectivity index (χ4v) is 9.29. The summed E-state index contributed by atoms with van der Waals surface area (Å²) in [5.41, 5.74) is 17.7. The number of benzene rings is 10. The Morgan fingerprint density at radius 2 is 0.662 bits per heavy atom. The minimum absolute atomic E-state index is 0. The SMILES string of the molecule is [Ir].[c-]1ccc(-c2nc(-c3cccc(-c4cc(-c5ccccc5)cc(-c5ccccc5)c4)c3)nc(-c3cc(-c4ccccc4)cc(-c4ccccc4-c4ccccc4)c3)n2)cc1-c1cc2ccccc2cn1. The van der Waals surface area contributed by atoms with Crippen LogP contribution in [0.15, 0.2) is 261 Å². The van der Waals surface area contributed by atoms with E-state index in [0.29, 0.717) is 17.5 Å². The van der Waals surface area contributed by atoms with Gasteiger partial charge in [-0.3, -0.25) is 0 Å². The van der Waals surface area contributed by atoms with Crippen LogP contribution < -0.4 is 0 Å². The molecule has 71 heavy (non-hydrogen) atoms. The van der Waals surface area contributed by atoms with Crippen molar-refractivity contribution in [3.05, 3.63) is 267 Å². The first-order valence-corrected chi connectivity index (χ1v) is 23.5. The van der Waals surface area contributed by atoms with Gasteiger partial charge in [-0.2, -0.15) is 0 Å². The maximum absolute atomic E-state index is 5.39. The average molecular weight is 1080 g/mol. The van der Waals surface area contributed by atoms with Crippen LogP contribution in [0.25, 0.3) is 123 Å². The molecule has 12 rings (SSSR count). The van der Waals surface area contributed by atoms with Gasteiger partial charge in [-0.25, -0.2) is 15.0 Å². The maximum atomic E-state index is 5.39. The number of rotatable bonds is 10. The molecule has 4 nitrogen and oxygen atoms in total. The second kappa shape index (κ2) is 20.1. The Kier molecular flexibility index (Phi) is 12.7. The first-order chi connectivity index (χ1) is 34.6. The summed E-state index contributed by atoms with van der Waals surface area (Å²) in [6.07, 6.45) is 1.92. The van der Waals surface area contributed by atoms with Gasteiger partial charge in [0.2, 0.25) is 0 Å². The monoisotopic (exact) mass is 1080 g/mol. The molecule has 0 aliphatic carbocycles. The van der Waals surface area contributed by atoms with E-state index in [4.69, 9.17) is 19.9 Å². The minimum Gasteiger partial charge on any atom is -0.304 e. The summed E-state index contributed by atoms with van der Waals surface area (Å²) in [7, 11) is 0. The van der Waals surface area contributed by atoms with Crippen molar-refractivity contribution in [2.24, 2.45) is 0 Å². The third-order valence-corrected chi connectivity index (χ3v) is 12.8. The van der Waals surface area contributed by atoms with Crippen molar-refractivity contribution in [1.29, 1.82) is 0 Å². The smallest absolute Gasteiger partial charge is 0.164 e. The first-order valence-electron chi connectivity index (χ1n) is 23.5. The normalized spacial score (nSPS) is 11.0. The number of hydrogen-bond acceptors (Lipinski definition) is 4. The van der Waals surface area contributed by atoms with Crippen molar-refractivity contribution >= 4 is 10.8 Å². The molecule has 0 spiro atoms. The van der Waals surface area contributed by atoms with Crippen LogP contribution in [0.2, 0.25) is 0 Å². The molecule has 337 valence electrons. The zero-order chi connectivity index (χ0) is 46.6. The molecule has 0 aliphatic rings. The summed E-state index contributed by atoms with van der Waals surface area (Å²) >= 11 is 0. The molecule has 12 aromatic rings. The molecule has 0 bridgehead atoms. The molecule has 0 aliphatic heterocycles. The van der Waals surface area contributed by atoms with Crippen LogP contribution in [0.4, 0.5) is 0 Å². The van der Waals surface area contributed by atoms with Crippen LogP contribution in [-0.2, 0) is 20.1 Å². The maximum Gasteiger partial charge on any atom is 0.164 e. The van der Waals surface area contributed by atoms with Crippen molar-refractivity contribution in [1.82, 2.24) is 19.9 Å². The third-order valence-electron chi connectivity index (χ3n) is 12.8. The molecule has 0 atom stereocenters. The van der Waals surface area contributed by atoms with Gasteiger partial charge in [0.15, 0.2) is 11.6 Å². The van der Waals surface area contributed by atoms with E-state index in [1.807, 2.05) is 24.4 Å². The fraction of sp³-hybridized carbons (Fsp3) is 0. The van der Waals surface area contributed by atoms with Crippen molar-refractivity contribution in [2.45, 2.75) is 0 Å². The molecular formula is C66H43IrN4-. The Bertz CT molecular complexity index is 3760. The van der Waals surface area contributed by atoms with Crippen molar-refractivity contribution < 1.29 is 20.1 Å². The predicted octanol–water partition coefficient (Wildman–Crippen LogP) is 16.9. The van der Waals surface area contributed by atoms with Gasteiger partial charge in [-0.1, -0.05) is 200 Å². The summed E-state index contributed by atoms with van der Waals surface area (Å²) in [5, 5.41) is 2.20. The number of aromatic nitrogens is 4. The van der Waals surface area contributed by atoms with E-state index in [1.54, 1.807) is 0 Å². The van der Waals surface area contributed by atoms with Crippen LogP contribution in [0.5, 0.6) is 0 Å². The van der Waals surface area contributed by atoms with Crippen molar-refractivity contribution in [3.8, 4) is 112 Å². The number of nitrogens with zero attached hydrogens (tertiary/aromatic N) is 4. The first kappa shape index (κ1) is 44.8. The molecule has 2 aromatic heterocycles. The molecule has 5 heteroatoms. The Balaban J connectivity index is 0.00000547. The van der Waals surface area contributed by atoms with Crippen LogP contribution in [0.3, 0.4) is 0 Å². The molecule has 0 unspecified atom stereocenters. The fourth-order valence-electron chi connectivity index (χ4n) is 9.29. The topological polar surface area (TPSA) is 51.6 Å². The van der Waals surface area contributed by atoms with Gasteiger partial charge in [0.25, 0.3) is 0 Å². The number of fused-ring (bicyclic) bond motifs is 1. The largest absolute Gasteiger partial charge is 0.304 e. The van der Waals surface area contributed by atoms with E-state index in [2.05, 4.69) is 243 Å². The molecule has 0 saturated heterocycles. The zero-order valence-electron chi connectivity index (χ0n) is 38.4. The molecule has 0 amide bonds. The Hall–Kier alpha value is -8.73. The van der Waals surface area contributed by atoms with E-state index in [1.165, 1.54) is 0 Å². The Morgan fingerprint density at radius 3 is 1.25 bits per heavy atom. The number of pyridine rings is 1. The quantitative estimate of drug-likeness (QED) is 0.128. The van der Waals surface area contributed by atoms with Gasteiger partial charge in [0, 0.05) is 37.4 Å². The van der Waals surface area contributed by atoms with Gasteiger partial charge < -0.3 is 4.98 Å².